The Morgan fingerprint density at radius 1 is 1.09 bits per heavy atom. The first-order chi connectivity index (χ1) is 16.4. The van der Waals surface area contributed by atoms with E-state index in [1.54, 1.807) is 23.4 Å². The summed E-state index contributed by atoms with van der Waals surface area (Å²) in [6.45, 7) is 0.186. The predicted octanol–water partition coefficient (Wildman–Crippen LogP) is 3.52. The Bertz CT molecular complexity index is 1310. The van der Waals surface area contributed by atoms with E-state index in [9.17, 15) is 14.0 Å². The highest BCUT2D eigenvalue weighted by atomic mass is 19.1. The van der Waals surface area contributed by atoms with Gasteiger partial charge in [0.1, 0.15) is 11.5 Å². The van der Waals surface area contributed by atoms with Gasteiger partial charge in [0.05, 0.1) is 25.2 Å². The Balaban J connectivity index is 1.50. The van der Waals surface area contributed by atoms with Gasteiger partial charge in [0, 0.05) is 12.6 Å². The van der Waals surface area contributed by atoms with Crippen LogP contribution in [0.5, 0.6) is 0 Å². The summed E-state index contributed by atoms with van der Waals surface area (Å²) in [7, 11) is 1.62. The molecule has 1 heterocycles. The summed E-state index contributed by atoms with van der Waals surface area (Å²) in [4.78, 5) is 26.0. The molecular formula is C25H24FN5O3. The molecule has 1 aromatic heterocycles. The number of hydroxylamine groups is 1. The Hall–Kier alpha value is -4.11. The van der Waals surface area contributed by atoms with Crippen LogP contribution in [0.4, 0.5) is 4.39 Å². The number of carbonyl (C=O) groups is 2. The maximum Gasteiger partial charge on any atom is 0.253 e. The Kier molecular flexibility index (Phi) is 6.93. The first-order valence-electron chi connectivity index (χ1n) is 10.8. The number of hydrogen-bond acceptors (Lipinski definition) is 5. The molecule has 1 atom stereocenters. The third-order valence-corrected chi connectivity index (χ3v) is 5.60. The zero-order chi connectivity index (χ0) is 24.1. The number of nitrogens with zero attached hydrogens (tertiary/aromatic N) is 4. The van der Waals surface area contributed by atoms with E-state index < -0.39 is 17.8 Å². The van der Waals surface area contributed by atoms with E-state index in [2.05, 4.69) is 16.4 Å². The molecule has 0 radical (unpaired) electrons. The van der Waals surface area contributed by atoms with E-state index in [-0.39, 0.29) is 18.9 Å². The highest BCUT2D eigenvalue weighted by Crippen LogP contribution is 2.22. The molecule has 0 fully saturated rings. The van der Waals surface area contributed by atoms with Crippen molar-refractivity contribution < 1.29 is 19.2 Å². The van der Waals surface area contributed by atoms with E-state index in [1.165, 1.54) is 29.2 Å². The second kappa shape index (κ2) is 10.2. The molecule has 9 heteroatoms. The number of amides is 2. The lowest BCUT2D eigenvalue weighted by Gasteiger charge is -2.17. The maximum absolute atomic E-state index is 13.1. The van der Waals surface area contributed by atoms with Crippen LogP contribution in [0.25, 0.3) is 10.8 Å². The second-order valence-corrected chi connectivity index (χ2v) is 8.14. The van der Waals surface area contributed by atoms with Crippen LogP contribution >= 0.6 is 0 Å². The summed E-state index contributed by atoms with van der Waals surface area (Å²) in [6.07, 6.45) is 2.17. The fraction of sp³-hybridized carbons (Fsp3) is 0.200. The van der Waals surface area contributed by atoms with Gasteiger partial charge in [-0.3, -0.25) is 14.8 Å². The average Bonchev–Trinajstić information content (AvgIpc) is 3.31. The van der Waals surface area contributed by atoms with E-state index >= 15 is 0 Å². The standard InChI is InChI=1S/C25H24FN5O3/c1-30(25(33)19-8-10-21(26)11-9-19)15-22-16-31(29-27-22)23(14-24(32)28-34)13-17-6-7-18-4-2-3-5-20(18)12-17/h2-12,16,23,34H,13-15H2,1H3,(H,28,32)/t23-/m1/s1. The highest BCUT2D eigenvalue weighted by Gasteiger charge is 2.20. The van der Waals surface area contributed by atoms with Crippen molar-refractivity contribution in [1.82, 2.24) is 25.4 Å². The van der Waals surface area contributed by atoms with E-state index in [1.807, 2.05) is 36.4 Å². The number of fused-ring (bicyclic) bond motifs is 1. The number of benzene rings is 3. The van der Waals surface area contributed by atoms with Crippen molar-refractivity contribution in [2.24, 2.45) is 0 Å². The second-order valence-electron chi connectivity index (χ2n) is 8.14. The predicted molar refractivity (Wildman–Crippen MR) is 123 cm³/mol. The van der Waals surface area contributed by atoms with Crippen LogP contribution < -0.4 is 5.48 Å². The van der Waals surface area contributed by atoms with Crippen molar-refractivity contribution in [2.75, 3.05) is 7.05 Å². The van der Waals surface area contributed by atoms with Gasteiger partial charge in [-0.25, -0.2) is 14.6 Å². The zero-order valence-electron chi connectivity index (χ0n) is 18.6. The molecule has 8 nitrogen and oxygen atoms in total. The van der Waals surface area contributed by atoms with Crippen LogP contribution in [0.3, 0.4) is 0 Å². The Morgan fingerprint density at radius 2 is 1.82 bits per heavy atom. The third-order valence-electron chi connectivity index (χ3n) is 5.60. The van der Waals surface area contributed by atoms with Crippen LogP contribution in [-0.2, 0) is 17.8 Å². The van der Waals surface area contributed by atoms with Crippen LogP contribution in [-0.4, -0.2) is 44.0 Å². The van der Waals surface area contributed by atoms with Gasteiger partial charge in [0.15, 0.2) is 0 Å². The third kappa shape index (κ3) is 5.44. The molecule has 0 aliphatic rings. The first-order valence-corrected chi connectivity index (χ1v) is 10.8. The summed E-state index contributed by atoms with van der Waals surface area (Å²) in [5.41, 5.74) is 3.59. The van der Waals surface area contributed by atoms with Crippen molar-refractivity contribution in [3.63, 3.8) is 0 Å². The highest BCUT2D eigenvalue weighted by molar-refractivity contribution is 5.93. The summed E-state index contributed by atoms with van der Waals surface area (Å²) in [5.74, 6) is -1.22. The van der Waals surface area contributed by atoms with Gasteiger partial charge in [-0.2, -0.15) is 0 Å². The van der Waals surface area contributed by atoms with E-state index in [0.29, 0.717) is 17.7 Å². The van der Waals surface area contributed by atoms with Gasteiger partial charge in [-0.1, -0.05) is 47.7 Å². The van der Waals surface area contributed by atoms with E-state index in [0.717, 1.165) is 16.3 Å². The summed E-state index contributed by atoms with van der Waals surface area (Å²) in [6, 6.07) is 19.0. The zero-order valence-corrected chi connectivity index (χ0v) is 18.6. The molecule has 4 aromatic rings. The van der Waals surface area contributed by atoms with Gasteiger partial charge in [0.2, 0.25) is 5.91 Å². The molecule has 34 heavy (non-hydrogen) atoms. The fourth-order valence-corrected chi connectivity index (χ4v) is 3.85. The van der Waals surface area contributed by atoms with E-state index in [4.69, 9.17) is 5.21 Å². The van der Waals surface area contributed by atoms with Crippen molar-refractivity contribution in [1.29, 1.82) is 0 Å². The first kappa shape index (κ1) is 23.1. The van der Waals surface area contributed by atoms with Gasteiger partial charge in [-0.05, 0) is 47.0 Å². The molecule has 0 saturated heterocycles. The normalized spacial score (nSPS) is 11.9. The molecule has 0 aliphatic carbocycles. The fourth-order valence-electron chi connectivity index (χ4n) is 3.85. The number of carbonyl (C=O) groups excluding carboxylic acids is 2. The molecule has 0 saturated carbocycles. The van der Waals surface area contributed by atoms with Crippen molar-refractivity contribution >= 4 is 22.6 Å². The van der Waals surface area contributed by atoms with Gasteiger partial charge < -0.3 is 4.90 Å². The largest absolute Gasteiger partial charge is 0.336 e. The van der Waals surface area contributed by atoms with Gasteiger partial charge in [0.25, 0.3) is 5.91 Å². The lowest BCUT2D eigenvalue weighted by atomic mass is 10.00. The number of hydrogen-bond donors (Lipinski definition) is 2. The van der Waals surface area contributed by atoms with Crippen LogP contribution in [0.15, 0.2) is 72.9 Å². The number of aromatic nitrogens is 3. The lowest BCUT2D eigenvalue weighted by molar-refractivity contribution is -0.130. The number of halogens is 1. The molecule has 3 aromatic carbocycles. The van der Waals surface area contributed by atoms with Crippen LogP contribution in [0, 0.1) is 5.82 Å². The smallest absolute Gasteiger partial charge is 0.253 e. The minimum atomic E-state index is -0.536. The molecule has 4 rings (SSSR count). The molecule has 2 N–H and O–H groups in total. The number of rotatable bonds is 8. The van der Waals surface area contributed by atoms with Crippen LogP contribution in [0.1, 0.15) is 34.1 Å². The molecule has 0 aliphatic heterocycles. The molecule has 0 bridgehead atoms. The summed E-state index contributed by atoms with van der Waals surface area (Å²) >= 11 is 0. The quantitative estimate of drug-likeness (QED) is 0.309. The Labute approximate surface area is 195 Å². The average molecular weight is 461 g/mol. The summed E-state index contributed by atoms with van der Waals surface area (Å²) in [5, 5.41) is 19.6. The molecule has 2 amide bonds. The molecular weight excluding hydrogens is 437 g/mol. The van der Waals surface area contributed by atoms with Gasteiger partial charge >= 0.3 is 0 Å². The topological polar surface area (TPSA) is 100 Å². The van der Waals surface area contributed by atoms with Gasteiger partial charge in [-0.15, -0.1) is 5.10 Å². The SMILES string of the molecule is CN(Cc1cn([C@@H](CC(=O)NO)Cc2ccc3ccccc3c2)nn1)C(=O)c1ccc(F)cc1. The van der Waals surface area contributed by atoms with Crippen molar-refractivity contribution in [3.05, 3.63) is 95.6 Å². The molecule has 0 unspecified atom stereocenters. The van der Waals surface area contributed by atoms with Crippen molar-refractivity contribution in [3.8, 4) is 0 Å². The minimum Gasteiger partial charge on any atom is -0.336 e. The van der Waals surface area contributed by atoms with Crippen LogP contribution in [0.2, 0.25) is 0 Å². The molecule has 174 valence electrons. The minimum absolute atomic E-state index is 0.00350. The molecule has 0 spiro atoms. The monoisotopic (exact) mass is 461 g/mol. The number of nitrogens with one attached hydrogen (secondary N) is 1. The summed E-state index contributed by atoms with van der Waals surface area (Å²) < 4.78 is 14.7. The maximum atomic E-state index is 13.1. The Morgan fingerprint density at radius 3 is 2.56 bits per heavy atom. The van der Waals surface area contributed by atoms with Crippen molar-refractivity contribution in [2.45, 2.75) is 25.4 Å². The lowest BCUT2D eigenvalue weighted by Crippen LogP contribution is -2.26.